The van der Waals surface area contributed by atoms with Gasteiger partial charge in [0.1, 0.15) is 11.5 Å². The lowest BCUT2D eigenvalue weighted by Gasteiger charge is -2.11. The molecule has 0 aliphatic rings. The molecule has 0 bridgehead atoms. The summed E-state index contributed by atoms with van der Waals surface area (Å²) in [4.78, 5) is 41.9. The normalized spacial score (nSPS) is 10.4. The van der Waals surface area contributed by atoms with Crippen molar-refractivity contribution in [3.05, 3.63) is 78.2 Å². The van der Waals surface area contributed by atoms with E-state index >= 15 is 0 Å². The van der Waals surface area contributed by atoms with E-state index in [-0.39, 0.29) is 23.8 Å². The molecule has 2 aromatic heterocycles. The maximum absolute atomic E-state index is 12.7. The van der Waals surface area contributed by atoms with E-state index in [1.165, 1.54) is 18.3 Å². The third-order valence-electron chi connectivity index (χ3n) is 5.78. The molecule has 5 N–H and O–H groups in total. The van der Waals surface area contributed by atoms with Crippen LogP contribution in [0.3, 0.4) is 0 Å². The topological polar surface area (TPSA) is 164 Å². The number of benzene rings is 3. The van der Waals surface area contributed by atoms with Crippen LogP contribution >= 0.6 is 11.3 Å². The Morgan fingerprint density at radius 2 is 1.16 bits per heavy atom. The van der Waals surface area contributed by atoms with Gasteiger partial charge in [-0.05, 0) is 60.7 Å². The lowest BCUT2D eigenvalue weighted by Crippen LogP contribution is -2.21. The first kappa shape index (κ1) is 28.8. The fraction of sp³-hybridized carbons (Fsp3) is 0.103. The molecule has 0 saturated heterocycles. The summed E-state index contributed by atoms with van der Waals surface area (Å²) in [7, 11) is 3.16. The van der Waals surface area contributed by atoms with E-state index in [9.17, 15) is 9.59 Å². The predicted molar refractivity (Wildman–Crippen MR) is 167 cm³/mol. The second-order valence-corrected chi connectivity index (χ2v) is 9.75. The Labute approximate surface area is 250 Å². The largest absolute Gasteiger partial charge is 0.497 e. The van der Waals surface area contributed by atoms with E-state index in [2.05, 4.69) is 46.5 Å². The van der Waals surface area contributed by atoms with Gasteiger partial charge in [-0.2, -0.15) is 15.0 Å². The highest BCUT2D eigenvalue weighted by Crippen LogP contribution is 2.28. The lowest BCUT2D eigenvalue weighted by molar-refractivity contribution is -0.114. The van der Waals surface area contributed by atoms with Gasteiger partial charge in [-0.3, -0.25) is 15.4 Å². The summed E-state index contributed by atoms with van der Waals surface area (Å²) in [6.07, 6.45) is 0. The zero-order valence-corrected chi connectivity index (χ0v) is 24.2. The molecule has 0 unspecified atom stereocenters. The Hall–Kier alpha value is -5.76. The monoisotopic (exact) mass is 597 g/mol. The fourth-order valence-corrected chi connectivity index (χ4v) is 4.49. The van der Waals surface area contributed by atoms with Crippen LogP contribution in [0.15, 0.2) is 78.2 Å². The summed E-state index contributed by atoms with van der Waals surface area (Å²) >= 11 is 1.36. The Morgan fingerprint density at radius 1 is 0.628 bits per heavy atom. The summed E-state index contributed by atoms with van der Waals surface area (Å²) in [5, 5.41) is 16.7. The summed E-state index contributed by atoms with van der Waals surface area (Å²) in [6, 6.07) is 20.9. The predicted octanol–water partition coefficient (Wildman–Crippen LogP) is 6.10. The SMILES string of the molecule is COc1ccc(NC(=O)Nc2nc(Nc3ccc(OC)cc3)nc(Nc3nc(-c4ccc(NC(C)=O)cc4)cs3)n2)cc1. The maximum atomic E-state index is 12.7. The molecule has 3 aromatic carbocycles. The van der Waals surface area contributed by atoms with Crippen molar-refractivity contribution in [2.24, 2.45) is 0 Å². The molecule has 14 heteroatoms. The summed E-state index contributed by atoms with van der Waals surface area (Å²) in [5.41, 5.74) is 3.55. The number of thiazole rings is 1. The van der Waals surface area contributed by atoms with E-state index < -0.39 is 6.03 Å². The molecule has 0 aliphatic carbocycles. The van der Waals surface area contributed by atoms with Crippen molar-refractivity contribution in [2.75, 3.05) is 40.8 Å². The van der Waals surface area contributed by atoms with Crippen LogP contribution < -0.4 is 36.1 Å². The van der Waals surface area contributed by atoms with Crippen molar-refractivity contribution in [2.45, 2.75) is 6.92 Å². The number of nitrogens with one attached hydrogen (secondary N) is 5. The molecule has 218 valence electrons. The molecule has 43 heavy (non-hydrogen) atoms. The standard InChI is InChI=1S/C29H27N9O4S/c1-17(39)30-19-6-4-18(5-7-19)24-16-43-29(33-24)38-27-35-25(31-20-8-12-22(41-2)13-9-20)34-26(36-27)37-28(40)32-21-10-14-23(42-3)15-11-21/h4-16H,1-3H3,(H,30,39)(H4,31,32,33,34,35,36,37,38,40). The number of aromatic nitrogens is 4. The van der Waals surface area contributed by atoms with Crippen molar-refractivity contribution >= 4 is 63.3 Å². The van der Waals surface area contributed by atoms with Gasteiger partial charge in [0.05, 0.1) is 19.9 Å². The molecule has 13 nitrogen and oxygen atoms in total. The van der Waals surface area contributed by atoms with Crippen LogP contribution in [0.5, 0.6) is 11.5 Å². The zero-order chi connectivity index (χ0) is 30.2. The number of hydrogen-bond acceptors (Lipinski definition) is 11. The molecule has 5 rings (SSSR count). The number of methoxy groups -OCH3 is 2. The van der Waals surface area contributed by atoms with Crippen LogP contribution in [0.2, 0.25) is 0 Å². The molecule has 2 heterocycles. The fourth-order valence-electron chi connectivity index (χ4n) is 3.77. The van der Waals surface area contributed by atoms with Crippen LogP contribution in [-0.2, 0) is 4.79 Å². The maximum Gasteiger partial charge on any atom is 0.326 e. The van der Waals surface area contributed by atoms with Gasteiger partial charge in [-0.25, -0.2) is 9.78 Å². The first-order chi connectivity index (χ1) is 20.9. The van der Waals surface area contributed by atoms with E-state index in [1.807, 2.05) is 29.6 Å². The summed E-state index contributed by atoms with van der Waals surface area (Å²) in [5.74, 6) is 1.58. The van der Waals surface area contributed by atoms with E-state index in [0.29, 0.717) is 33.7 Å². The Bertz CT molecular complexity index is 1710. The van der Waals surface area contributed by atoms with Crippen LogP contribution in [0.25, 0.3) is 11.3 Å². The van der Waals surface area contributed by atoms with Crippen molar-refractivity contribution in [3.8, 4) is 22.8 Å². The molecule has 0 aliphatic heterocycles. The third-order valence-corrected chi connectivity index (χ3v) is 6.54. The van der Waals surface area contributed by atoms with Crippen molar-refractivity contribution in [3.63, 3.8) is 0 Å². The molecule has 3 amide bonds. The molecule has 0 radical (unpaired) electrons. The quantitative estimate of drug-likeness (QED) is 0.127. The lowest BCUT2D eigenvalue weighted by atomic mass is 10.1. The molecule has 5 aromatic rings. The Morgan fingerprint density at radius 3 is 1.77 bits per heavy atom. The van der Waals surface area contributed by atoms with Gasteiger partial charge in [0.15, 0.2) is 5.13 Å². The zero-order valence-electron chi connectivity index (χ0n) is 23.3. The summed E-state index contributed by atoms with van der Waals surface area (Å²) < 4.78 is 10.4. The first-order valence-electron chi connectivity index (χ1n) is 12.9. The van der Waals surface area contributed by atoms with Gasteiger partial charge in [0.2, 0.25) is 23.8 Å². The van der Waals surface area contributed by atoms with Gasteiger partial charge in [-0.15, -0.1) is 11.3 Å². The van der Waals surface area contributed by atoms with Crippen LogP contribution in [0, 0.1) is 0 Å². The highest BCUT2D eigenvalue weighted by molar-refractivity contribution is 7.14. The molecule has 0 atom stereocenters. The van der Waals surface area contributed by atoms with Crippen LogP contribution in [-0.4, -0.2) is 46.1 Å². The van der Waals surface area contributed by atoms with Crippen LogP contribution in [0.1, 0.15) is 6.92 Å². The van der Waals surface area contributed by atoms with E-state index in [1.54, 1.807) is 62.8 Å². The van der Waals surface area contributed by atoms with Crippen molar-refractivity contribution < 1.29 is 19.1 Å². The van der Waals surface area contributed by atoms with Crippen molar-refractivity contribution in [1.82, 2.24) is 19.9 Å². The number of anilines is 7. The number of ether oxygens (including phenoxy) is 2. The van der Waals surface area contributed by atoms with Crippen molar-refractivity contribution in [1.29, 1.82) is 0 Å². The van der Waals surface area contributed by atoms with Gasteiger partial charge in [-0.1, -0.05) is 12.1 Å². The number of urea groups is 1. The smallest absolute Gasteiger partial charge is 0.326 e. The van der Waals surface area contributed by atoms with Gasteiger partial charge in [0, 0.05) is 34.9 Å². The molecule has 0 fully saturated rings. The van der Waals surface area contributed by atoms with E-state index in [0.717, 1.165) is 11.3 Å². The molecule has 0 saturated carbocycles. The Balaban J connectivity index is 1.35. The average Bonchev–Trinajstić information content (AvgIpc) is 3.46. The number of rotatable bonds is 10. The highest BCUT2D eigenvalue weighted by Gasteiger charge is 2.13. The highest BCUT2D eigenvalue weighted by atomic mass is 32.1. The number of carbonyl (C=O) groups excluding carboxylic acids is 2. The van der Waals surface area contributed by atoms with Gasteiger partial charge >= 0.3 is 6.03 Å². The number of hydrogen-bond donors (Lipinski definition) is 5. The number of nitrogens with zero attached hydrogens (tertiary/aromatic N) is 4. The van der Waals surface area contributed by atoms with E-state index in [4.69, 9.17) is 9.47 Å². The molecular weight excluding hydrogens is 570 g/mol. The minimum atomic E-state index is -0.544. The average molecular weight is 598 g/mol. The number of amides is 3. The minimum absolute atomic E-state index is 0.00450. The first-order valence-corrected chi connectivity index (χ1v) is 13.7. The minimum Gasteiger partial charge on any atom is -0.497 e. The second-order valence-electron chi connectivity index (χ2n) is 8.89. The molecule has 0 spiro atoms. The number of carbonyl (C=O) groups is 2. The van der Waals surface area contributed by atoms with Gasteiger partial charge < -0.3 is 25.4 Å². The summed E-state index contributed by atoms with van der Waals surface area (Å²) in [6.45, 7) is 1.46. The molecular formula is C29H27N9O4S. The van der Waals surface area contributed by atoms with Gasteiger partial charge in [0.25, 0.3) is 0 Å². The third kappa shape index (κ3) is 7.92. The van der Waals surface area contributed by atoms with Crippen LogP contribution in [0.4, 0.5) is 44.8 Å². The Kier molecular flexibility index (Phi) is 8.87. The second kappa shape index (κ2) is 13.3.